The summed E-state index contributed by atoms with van der Waals surface area (Å²) in [6.07, 6.45) is -10.1. The lowest BCUT2D eigenvalue weighted by atomic mass is 10.1. The van der Waals surface area contributed by atoms with Gasteiger partial charge in [-0.2, -0.15) is 26.3 Å². The minimum absolute atomic E-state index is 0.183. The normalized spacial score (nSPS) is 13.0. The molecule has 65 heavy (non-hydrogen) atoms. The van der Waals surface area contributed by atoms with Crippen molar-refractivity contribution < 1.29 is 26.3 Å². The maximum atomic E-state index is 14.6. The van der Waals surface area contributed by atoms with Gasteiger partial charge in [-0.25, -0.2) is 0 Å². The van der Waals surface area contributed by atoms with E-state index in [2.05, 4.69) is 84.9 Å². The molecular formula is C56H39F6NS2. The zero-order valence-electron chi connectivity index (χ0n) is 34.5. The molecule has 0 spiro atoms. The van der Waals surface area contributed by atoms with Crippen LogP contribution in [-0.4, -0.2) is 4.57 Å². The average Bonchev–Trinajstić information content (AvgIpc) is 3.67. The van der Waals surface area contributed by atoms with Crippen LogP contribution in [0.5, 0.6) is 0 Å². The molecule has 0 bridgehead atoms. The first-order valence-electron chi connectivity index (χ1n) is 20.9. The van der Waals surface area contributed by atoms with Crippen molar-refractivity contribution in [1.82, 2.24) is 4.57 Å². The van der Waals surface area contributed by atoms with E-state index in [1.54, 1.807) is 4.57 Å². The smallest absolute Gasteiger partial charge is 0.309 e. The number of nitrogens with zero attached hydrogens (tertiary/aromatic N) is 1. The van der Waals surface area contributed by atoms with Gasteiger partial charge >= 0.3 is 12.4 Å². The molecule has 0 saturated heterocycles. The molecule has 9 aromatic carbocycles. The van der Waals surface area contributed by atoms with E-state index >= 15 is 0 Å². The Morgan fingerprint density at radius 1 is 0.277 bits per heavy atom. The zero-order chi connectivity index (χ0) is 44.8. The Labute approximate surface area is 375 Å². The fourth-order valence-electron chi connectivity index (χ4n) is 9.09. The molecule has 0 fully saturated rings. The van der Waals surface area contributed by atoms with Crippen LogP contribution in [0.3, 0.4) is 0 Å². The van der Waals surface area contributed by atoms with E-state index in [0.29, 0.717) is 21.8 Å². The van der Waals surface area contributed by atoms with E-state index in [9.17, 15) is 26.3 Å². The second-order valence-corrected chi connectivity index (χ2v) is 21.8. The Morgan fingerprint density at radius 2 is 0.538 bits per heavy atom. The van der Waals surface area contributed by atoms with Gasteiger partial charge in [0.05, 0.1) is 22.2 Å². The fraction of sp³-hybridized carbons (Fsp3) is 0.0357. The van der Waals surface area contributed by atoms with Crippen LogP contribution >= 0.6 is 20.1 Å². The molecule has 0 aliphatic heterocycles. The maximum absolute atomic E-state index is 14.6. The van der Waals surface area contributed by atoms with Crippen molar-refractivity contribution in [3.8, 4) is 5.69 Å². The Kier molecular flexibility index (Phi) is 10.7. The topological polar surface area (TPSA) is 4.93 Å². The average molecular weight is 904 g/mol. The molecule has 0 N–H and O–H groups in total. The third-order valence-corrected chi connectivity index (χ3v) is 19.6. The molecule has 9 heteroatoms. The minimum atomic E-state index is -5.04. The SMILES string of the molecule is FC(F)(F)c1cc(-n2c3ccc(S(c4ccccc4)(c4ccccc4)c4ccccc4)cc3c3cc(S(c4ccccc4)(c4ccccc4)c4ccccc4)ccc32)cc(C(F)(F)F)c1. The first kappa shape index (κ1) is 42.0. The van der Waals surface area contributed by atoms with Gasteiger partial charge in [-0.1, -0.05) is 109 Å². The van der Waals surface area contributed by atoms with E-state index in [4.69, 9.17) is 0 Å². The number of fused-ring (bicyclic) bond motifs is 3. The van der Waals surface area contributed by atoms with E-state index in [1.807, 2.05) is 133 Å². The third-order valence-electron chi connectivity index (χ3n) is 11.8. The molecule has 10 aromatic rings. The molecule has 1 nitrogen and oxygen atoms in total. The van der Waals surface area contributed by atoms with Gasteiger partial charge in [0.2, 0.25) is 0 Å². The molecule has 1 aromatic heterocycles. The molecular weight excluding hydrogens is 865 g/mol. The lowest BCUT2D eigenvalue weighted by molar-refractivity contribution is -0.143. The molecule has 0 atom stereocenters. The van der Waals surface area contributed by atoms with Gasteiger partial charge in [0.15, 0.2) is 0 Å². The van der Waals surface area contributed by atoms with Crippen LogP contribution in [0.15, 0.2) is 276 Å². The molecule has 1 heterocycles. The lowest BCUT2D eigenvalue weighted by Gasteiger charge is -2.42. The molecule has 0 amide bonds. The van der Waals surface area contributed by atoms with E-state index < -0.39 is 43.5 Å². The molecule has 322 valence electrons. The predicted molar refractivity (Wildman–Crippen MR) is 251 cm³/mol. The second kappa shape index (κ2) is 16.6. The summed E-state index contributed by atoms with van der Waals surface area (Å²) in [6.45, 7) is 0. The number of alkyl halides is 6. The first-order chi connectivity index (χ1) is 31.5. The van der Waals surface area contributed by atoms with E-state index in [-0.39, 0.29) is 11.8 Å². The molecule has 0 unspecified atom stereocenters. The maximum Gasteiger partial charge on any atom is 0.416 e. The summed E-state index contributed by atoms with van der Waals surface area (Å²) >= 11 is 0. The Balaban J connectivity index is 1.37. The summed E-state index contributed by atoms with van der Waals surface area (Å²) < 4.78 is 89.0. The number of hydrogen-bond donors (Lipinski definition) is 0. The third kappa shape index (κ3) is 7.19. The van der Waals surface area contributed by atoms with Crippen LogP contribution in [0.25, 0.3) is 27.5 Å². The van der Waals surface area contributed by atoms with Crippen molar-refractivity contribution in [3.05, 3.63) is 248 Å². The van der Waals surface area contributed by atoms with Gasteiger partial charge in [-0.3, -0.25) is 0 Å². The summed E-state index contributed by atoms with van der Waals surface area (Å²) in [7, 11) is -4.50. The van der Waals surface area contributed by atoms with Gasteiger partial charge in [0.1, 0.15) is 0 Å². The number of aromatic nitrogens is 1. The van der Waals surface area contributed by atoms with E-state index in [1.165, 1.54) is 0 Å². The molecule has 10 rings (SSSR count). The van der Waals surface area contributed by atoms with Gasteiger partial charge in [0.25, 0.3) is 0 Å². The molecule has 0 radical (unpaired) electrons. The summed E-state index contributed by atoms with van der Waals surface area (Å²) in [6, 6.07) is 75.3. The van der Waals surface area contributed by atoms with E-state index in [0.717, 1.165) is 51.3 Å². The quantitative estimate of drug-likeness (QED) is 0.127. The van der Waals surface area contributed by atoms with Crippen LogP contribution in [0.4, 0.5) is 26.3 Å². The lowest BCUT2D eigenvalue weighted by Crippen LogP contribution is -2.12. The van der Waals surface area contributed by atoms with Crippen LogP contribution in [0, 0.1) is 0 Å². The van der Waals surface area contributed by atoms with Gasteiger partial charge in [0, 0.05) is 55.6 Å². The zero-order valence-corrected chi connectivity index (χ0v) is 36.2. The van der Waals surface area contributed by atoms with Crippen molar-refractivity contribution >= 4 is 41.9 Å². The van der Waals surface area contributed by atoms with Crippen molar-refractivity contribution in [3.63, 3.8) is 0 Å². The monoisotopic (exact) mass is 903 g/mol. The number of benzene rings is 9. The number of halogens is 6. The highest BCUT2D eigenvalue weighted by Crippen LogP contribution is 2.75. The first-order valence-corrected chi connectivity index (χ1v) is 24.1. The van der Waals surface area contributed by atoms with Crippen LogP contribution in [0.2, 0.25) is 0 Å². The highest BCUT2D eigenvalue weighted by molar-refractivity contribution is 8.34. The highest BCUT2D eigenvalue weighted by atomic mass is 32.3. The standard InChI is InChI=1S/C56H39F6NS2/c57-55(58,59)40-35-41(56(60,61)62)37-42(36-40)63-53-33-31-49(64(43-19-7-1-8-20-43,44-21-9-2-10-22-44)45-23-11-3-12-24-45)38-51(53)52-39-50(32-34-54(52)63)65(46-25-13-4-14-26-46,47-27-15-5-16-28-47)48-29-17-6-18-30-48/h1-39H. The Morgan fingerprint density at radius 3 is 0.785 bits per heavy atom. The minimum Gasteiger partial charge on any atom is -0.309 e. The van der Waals surface area contributed by atoms with Crippen molar-refractivity contribution in [2.24, 2.45) is 0 Å². The van der Waals surface area contributed by atoms with Crippen LogP contribution < -0.4 is 0 Å². The molecule has 0 aliphatic carbocycles. The van der Waals surface area contributed by atoms with Gasteiger partial charge in [-0.05, 0) is 127 Å². The van der Waals surface area contributed by atoms with Crippen LogP contribution in [-0.2, 0) is 12.4 Å². The highest BCUT2D eigenvalue weighted by Gasteiger charge is 2.39. The predicted octanol–water partition coefficient (Wildman–Crippen LogP) is 17.5. The largest absolute Gasteiger partial charge is 0.416 e. The number of rotatable bonds is 9. The van der Waals surface area contributed by atoms with Crippen molar-refractivity contribution in [1.29, 1.82) is 0 Å². The van der Waals surface area contributed by atoms with Crippen molar-refractivity contribution in [2.45, 2.75) is 51.5 Å². The summed E-state index contributed by atoms with van der Waals surface area (Å²) in [5, 5.41) is 1.37. The fourth-order valence-corrected chi connectivity index (χ4v) is 16.9. The second-order valence-electron chi connectivity index (χ2n) is 15.6. The van der Waals surface area contributed by atoms with Gasteiger partial charge < -0.3 is 4.57 Å². The van der Waals surface area contributed by atoms with Gasteiger partial charge in [-0.15, -0.1) is 20.1 Å². The molecule has 0 aliphatic rings. The Bertz CT molecular complexity index is 2860. The Hall–Kier alpha value is -6.94. The molecule has 0 saturated carbocycles. The van der Waals surface area contributed by atoms with Crippen molar-refractivity contribution in [2.75, 3.05) is 0 Å². The van der Waals surface area contributed by atoms with Crippen LogP contribution in [0.1, 0.15) is 11.1 Å². The number of hydrogen-bond acceptors (Lipinski definition) is 0. The summed E-state index contributed by atoms with van der Waals surface area (Å²) in [5.74, 6) is 0. The summed E-state index contributed by atoms with van der Waals surface area (Å²) in [4.78, 5) is 8.29. The summed E-state index contributed by atoms with van der Waals surface area (Å²) in [5.41, 5.74) is -2.07.